The number of unbranched alkanes of at least 4 members (excludes halogenated alkanes) is 33. The molecule has 0 unspecified atom stereocenters. The maximum absolute atomic E-state index is 13.5. The van der Waals surface area contributed by atoms with Crippen molar-refractivity contribution in [2.24, 2.45) is 17.8 Å². The van der Waals surface area contributed by atoms with Gasteiger partial charge in [-0.25, -0.2) is 0 Å². The second-order valence-electron chi connectivity index (χ2n) is 19.7. The Bertz CT molecular complexity index is 1020. The molecule has 0 radical (unpaired) electrons. The van der Waals surface area contributed by atoms with Crippen molar-refractivity contribution in [1.29, 1.82) is 0 Å². The molecule has 6 nitrogen and oxygen atoms in total. The first-order valence-corrected chi connectivity index (χ1v) is 28.2. The van der Waals surface area contributed by atoms with Gasteiger partial charge in [0.25, 0.3) is 0 Å². The summed E-state index contributed by atoms with van der Waals surface area (Å²) in [6.07, 6.45) is 59.4. The van der Waals surface area contributed by atoms with E-state index in [0.29, 0.717) is 38.9 Å². The molecule has 3 atom stereocenters. The molecule has 0 aromatic carbocycles. The van der Waals surface area contributed by atoms with Gasteiger partial charge in [0.1, 0.15) is 0 Å². The summed E-state index contributed by atoms with van der Waals surface area (Å²) in [5.74, 6) is -0.779. The van der Waals surface area contributed by atoms with E-state index in [0.717, 1.165) is 38.5 Å². The lowest BCUT2D eigenvalue weighted by molar-refractivity contribution is -0.134. The second-order valence-corrected chi connectivity index (χ2v) is 19.7. The minimum atomic E-state index is -0.290. The molecule has 0 spiro atoms. The highest BCUT2D eigenvalue weighted by Gasteiger charge is 2.38. The highest BCUT2D eigenvalue weighted by Crippen LogP contribution is 2.34. The Morgan fingerprint density at radius 3 is 0.714 bits per heavy atom. The number of nitrogens with one attached hydrogen (secondary N) is 3. The third-order valence-electron chi connectivity index (χ3n) is 13.6. The molecule has 0 saturated heterocycles. The molecule has 0 aromatic heterocycles. The number of hydrogen-bond acceptors (Lipinski definition) is 3. The van der Waals surface area contributed by atoms with E-state index in [2.05, 4.69) is 61.0 Å². The van der Waals surface area contributed by atoms with E-state index in [4.69, 9.17) is 0 Å². The monoisotopic (exact) mass is 882 g/mol. The minimum Gasteiger partial charge on any atom is -0.356 e. The maximum atomic E-state index is 13.5. The number of carbonyl (C=O) groups excluding carboxylic acids is 3. The quantitative estimate of drug-likeness (QED) is 0.0420. The van der Waals surface area contributed by atoms with Crippen molar-refractivity contribution in [3.8, 4) is 0 Å². The summed E-state index contributed by atoms with van der Waals surface area (Å²) < 4.78 is 0. The van der Waals surface area contributed by atoms with E-state index >= 15 is 0 Å². The Morgan fingerprint density at radius 1 is 0.302 bits per heavy atom. The molecule has 1 aliphatic carbocycles. The van der Waals surface area contributed by atoms with E-state index in [-0.39, 0.29) is 35.5 Å². The number of carbonyl (C=O) groups is 3. The van der Waals surface area contributed by atoms with Gasteiger partial charge < -0.3 is 16.0 Å². The Morgan fingerprint density at radius 2 is 0.492 bits per heavy atom. The molecule has 1 saturated carbocycles. The van der Waals surface area contributed by atoms with E-state index in [1.54, 1.807) is 0 Å². The van der Waals surface area contributed by atoms with Crippen molar-refractivity contribution in [2.75, 3.05) is 19.6 Å². The number of amides is 3. The summed E-state index contributed by atoms with van der Waals surface area (Å²) in [6, 6.07) is 0. The molecule has 0 aliphatic heterocycles. The fraction of sp³-hybridized carbons (Fsp3) is 0.877. The zero-order chi connectivity index (χ0) is 45.5. The summed E-state index contributed by atoms with van der Waals surface area (Å²) >= 11 is 0. The second kappa shape index (κ2) is 46.4. The first-order chi connectivity index (χ1) is 31.0. The third kappa shape index (κ3) is 37.8. The standard InChI is InChI=1S/C57H107N3O3/c1-4-7-10-13-16-19-22-24-26-28-30-32-35-38-41-44-47-59-56(62)53-49-52(55(61)58-46-43-40-37-34-21-18-15-12-9-6-3)50-54(51-53)57(63)60-48-45-42-39-36-33-31-29-27-25-23-20-17-14-11-8-5-2/h24-27,52-54H,4-23,28-51H2,1-3H3,(H,58,61)(H,59,62)(H,60,63)/b26-24-,27-25-/t52-,53+,54-. The van der Waals surface area contributed by atoms with Gasteiger partial charge in [0.05, 0.1) is 0 Å². The van der Waals surface area contributed by atoms with Crippen molar-refractivity contribution in [3.05, 3.63) is 24.3 Å². The van der Waals surface area contributed by atoms with Crippen molar-refractivity contribution in [3.63, 3.8) is 0 Å². The summed E-state index contributed by atoms with van der Waals surface area (Å²) in [5, 5.41) is 9.59. The topological polar surface area (TPSA) is 87.3 Å². The van der Waals surface area contributed by atoms with Crippen LogP contribution in [0.4, 0.5) is 0 Å². The molecule has 3 N–H and O–H groups in total. The smallest absolute Gasteiger partial charge is 0.223 e. The molecule has 368 valence electrons. The van der Waals surface area contributed by atoms with Gasteiger partial charge in [-0.15, -0.1) is 0 Å². The summed E-state index contributed by atoms with van der Waals surface area (Å²) in [7, 11) is 0. The number of allylic oxidation sites excluding steroid dienone is 4. The molecular weight excluding hydrogens is 775 g/mol. The van der Waals surface area contributed by atoms with Gasteiger partial charge in [0, 0.05) is 37.4 Å². The van der Waals surface area contributed by atoms with Crippen LogP contribution < -0.4 is 16.0 Å². The van der Waals surface area contributed by atoms with Crippen LogP contribution in [0.2, 0.25) is 0 Å². The molecular formula is C57H107N3O3. The lowest BCUT2D eigenvalue weighted by atomic mass is 9.74. The fourth-order valence-electron chi connectivity index (χ4n) is 9.39. The van der Waals surface area contributed by atoms with Gasteiger partial charge in [-0.2, -0.15) is 0 Å². The summed E-state index contributed by atoms with van der Waals surface area (Å²) in [6.45, 7) is 8.86. The normalized spacial score (nSPS) is 16.6. The van der Waals surface area contributed by atoms with Crippen LogP contribution in [0, 0.1) is 17.8 Å². The molecule has 3 amide bonds. The maximum Gasteiger partial charge on any atom is 0.223 e. The first-order valence-electron chi connectivity index (χ1n) is 28.2. The average molecular weight is 883 g/mol. The van der Waals surface area contributed by atoms with Crippen LogP contribution in [-0.4, -0.2) is 37.4 Å². The van der Waals surface area contributed by atoms with E-state index < -0.39 is 0 Å². The van der Waals surface area contributed by atoms with Crippen LogP contribution in [0.1, 0.15) is 284 Å². The summed E-state index contributed by atoms with van der Waals surface area (Å²) in [4.78, 5) is 40.5. The van der Waals surface area contributed by atoms with Crippen LogP contribution >= 0.6 is 0 Å². The van der Waals surface area contributed by atoms with E-state index in [9.17, 15) is 14.4 Å². The van der Waals surface area contributed by atoms with Gasteiger partial charge >= 0.3 is 0 Å². The highest BCUT2D eigenvalue weighted by atomic mass is 16.2. The number of rotatable bonds is 46. The SMILES string of the molecule is CCCCCCCC/C=C\CCCCCCCCNC(=O)[C@@H]1C[C@H](C(=O)NCCCCCCCC/C=C\CCCCCCCC)C[C@H](C(=O)NCCCCCCCCCCCC)C1. The third-order valence-corrected chi connectivity index (χ3v) is 13.6. The largest absolute Gasteiger partial charge is 0.356 e. The van der Waals surface area contributed by atoms with Gasteiger partial charge in [-0.1, -0.05) is 218 Å². The highest BCUT2D eigenvalue weighted by molar-refractivity contribution is 5.86. The molecule has 1 rings (SSSR count). The molecule has 63 heavy (non-hydrogen) atoms. The Kier molecular flexibility index (Phi) is 43.4. The fourth-order valence-corrected chi connectivity index (χ4v) is 9.39. The predicted octanol–water partition coefficient (Wildman–Crippen LogP) is 16.4. The summed E-state index contributed by atoms with van der Waals surface area (Å²) in [5.41, 5.74) is 0. The van der Waals surface area contributed by atoms with Crippen LogP contribution in [0.15, 0.2) is 24.3 Å². The van der Waals surface area contributed by atoms with Crippen LogP contribution in [0.5, 0.6) is 0 Å². The zero-order valence-corrected chi connectivity index (χ0v) is 42.4. The Hall–Kier alpha value is -2.11. The van der Waals surface area contributed by atoms with Crippen molar-refractivity contribution >= 4 is 17.7 Å². The van der Waals surface area contributed by atoms with E-state index in [1.807, 2.05) is 0 Å². The van der Waals surface area contributed by atoms with Gasteiger partial charge in [0.15, 0.2) is 0 Å². The molecule has 0 heterocycles. The van der Waals surface area contributed by atoms with Crippen molar-refractivity contribution in [1.82, 2.24) is 16.0 Å². The molecule has 6 heteroatoms. The van der Waals surface area contributed by atoms with Crippen molar-refractivity contribution in [2.45, 2.75) is 284 Å². The number of hydrogen-bond donors (Lipinski definition) is 3. The van der Waals surface area contributed by atoms with Gasteiger partial charge in [-0.3, -0.25) is 14.4 Å². The first kappa shape index (κ1) is 58.9. The predicted molar refractivity (Wildman–Crippen MR) is 274 cm³/mol. The van der Waals surface area contributed by atoms with Crippen LogP contribution in [0.3, 0.4) is 0 Å². The van der Waals surface area contributed by atoms with Crippen LogP contribution in [0.25, 0.3) is 0 Å². The van der Waals surface area contributed by atoms with Gasteiger partial charge in [0.2, 0.25) is 17.7 Å². The molecule has 1 aliphatic rings. The lowest BCUT2D eigenvalue weighted by Crippen LogP contribution is -2.45. The van der Waals surface area contributed by atoms with Crippen molar-refractivity contribution < 1.29 is 14.4 Å². The minimum absolute atomic E-state index is 0.0287. The lowest BCUT2D eigenvalue weighted by Gasteiger charge is -2.33. The average Bonchev–Trinajstić information content (AvgIpc) is 3.29. The molecule has 0 aromatic rings. The van der Waals surface area contributed by atoms with E-state index in [1.165, 1.54) is 205 Å². The van der Waals surface area contributed by atoms with Gasteiger partial charge in [-0.05, 0) is 89.9 Å². The Balaban J connectivity index is 2.38. The van der Waals surface area contributed by atoms with Crippen LogP contribution in [-0.2, 0) is 14.4 Å². The molecule has 1 fully saturated rings. The Labute approximate surface area is 392 Å². The molecule has 0 bridgehead atoms. The zero-order valence-electron chi connectivity index (χ0n) is 42.4.